The number of hydrogen-bond donors (Lipinski definition) is 1. The third-order valence-electron chi connectivity index (χ3n) is 5.29. The van der Waals surface area contributed by atoms with Crippen LogP contribution in [-0.2, 0) is 4.79 Å². The number of nitrogens with zero attached hydrogens (tertiary/aromatic N) is 2. The van der Waals surface area contributed by atoms with Gasteiger partial charge in [0.15, 0.2) is 0 Å². The van der Waals surface area contributed by atoms with Gasteiger partial charge >= 0.3 is 0 Å². The normalized spacial score (nSPS) is 28.4. The lowest BCUT2D eigenvalue weighted by Crippen LogP contribution is -2.60. The highest BCUT2D eigenvalue weighted by atomic mass is 16.2. The Kier molecular flexibility index (Phi) is 3.81. The van der Waals surface area contributed by atoms with Gasteiger partial charge < -0.3 is 15.5 Å². The van der Waals surface area contributed by atoms with Crippen molar-refractivity contribution in [2.75, 3.05) is 32.7 Å². The molecule has 1 saturated carbocycles. The number of hydrogen-bond acceptors (Lipinski definition) is 3. The summed E-state index contributed by atoms with van der Waals surface area (Å²) < 4.78 is 0. The highest BCUT2D eigenvalue weighted by molar-refractivity contribution is 5.87. The Bertz CT molecular complexity index is 326. The maximum Gasteiger partial charge on any atom is 0.242 e. The second kappa shape index (κ2) is 5.41. The second-order valence-corrected chi connectivity index (χ2v) is 6.75. The smallest absolute Gasteiger partial charge is 0.242 e. The van der Waals surface area contributed by atoms with Gasteiger partial charge in [0.05, 0.1) is 5.54 Å². The minimum atomic E-state index is -0.498. The van der Waals surface area contributed by atoms with Crippen molar-refractivity contribution in [1.82, 2.24) is 9.80 Å². The first-order valence-corrected chi connectivity index (χ1v) is 7.98. The van der Waals surface area contributed by atoms with Crippen molar-refractivity contribution < 1.29 is 4.79 Å². The molecule has 2 heterocycles. The van der Waals surface area contributed by atoms with E-state index in [0.29, 0.717) is 0 Å². The van der Waals surface area contributed by atoms with Crippen LogP contribution < -0.4 is 5.73 Å². The Morgan fingerprint density at radius 2 is 1.68 bits per heavy atom. The van der Waals surface area contributed by atoms with E-state index in [1.807, 2.05) is 4.90 Å². The SMILES string of the molecule is NC1(C(=O)N2CCC(CN3CCCC3)CC2)CCC1. The fraction of sp³-hybridized carbons (Fsp3) is 0.933. The lowest BCUT2D eigenvalue weighted by molar-refractivity contribution is -0.141. The van der Waals surface area contributed by atoms with E-state index in [1.54, 1.807) is 0 Å². The number of amides is 1. The molecule has 2 N–H and O–H groups in total. The Morgan fingerprint density at radius 3 is 2.21 bits per heavy atom. The first-order chi connectivity index (χ1) is 9.17. The molecule has 3 rings (SSSR count). The molecule has 4 heteroatoms. The molecule has 0 atom stereocenters. The van der Waals surface area contributed by atoms with Crippen LogP contribution in [-0.4, -0.2) is 54.0 Å². The molecule has 1 amide bonds. The molecule has 4 nitrogen and oxygen atoms in total. The molecule has 3 fully saturated rings. The number of carbonyl (C=O) groups is 1. The van der Waals surface area contributed by atoms with E-state index in [-0.39, 0.29) is 5.91 Å². The van der Waals surface area contributed by atoms with Gasteiger partial charge in [0.1, 0.15) is 0 Å². The van der Waals surface area contributed by atoms with E-state index in [1.165, 1.54) is 45.3 Å². The van der Waals surface area contributed by atoms with E-state index in [2.05, 4.69) is 4.90 Å². The standard InChI is InChI=1S/C15H27N3O/c16-15(6-3-7-15)14(19)18-10-4-13(5-11-18)12-17-8-1-2-9-17/h13H,1-12,16H2. The largest absolute Gasteiger partial charge is 0.341 e. The van der Waals surface area contributed by atoms with Crippen molar-refractivity contribution in [3.8, 4) is 0 Å². The molecule has 0 bridgehead atoms. The van der Waals surface area contributed by atoms with Crippen molar-refractivity contribution in [1.29, 1.82) is 0 Å². The van der Waals surface area contributed by atoms with Crippen molar-refractivity contribution >= 4 is 5.91 Å². The lowest BCUT2D eigenvalue weighted by atomic mass is 9.76. The Labute approximate surface area is 116 Å². The zero-order valence-corrected chi connectivity index (χ0v) is 11.9. The van der Waals surface area contributed by atoms with Gasteiger partial charge in [-0.15, -0.1) is 0 Å². The van der Waals surface area contributed by atoms with Crippen LogP contribution in [0.1, 0.15) is 44.9 Å². The molecular formula is C15H27N3O. The quantitative estimate of drug-likeness (QED) is 0.834. The number of piperidine rings is 1. The third kappa shape index (κ3) is 2.79. The molecule has 108 valence electrons. The Hall–Kier alpha value is -0.610. The molecule has 0 aromatic heterocycles. The van der Waals surface area contributed by atoms with Crippen LogP contribution in [0, 0.1) is 5.92 Å². The molecule has 1 aliphatic carbocycles. The first-order valence-electron chi connectivity index (χ1n) is 7.98. The van der Waals surface area contributed by atoms with Crippen LogP contribution in [0.2, 0.25) is 0 Å². The fourth-order valence-electron chi connectivity index (χ4n) is 3.74. The van der Waals surface area contributed by atoms with Crippen molar-refractivity contribution in [3.05, 3.63) is 0 Å². The lowest BCUT2D eigenvalue weighted by Gasteiger charge is -2.43. The molecule has 0 spiro atoms. The average molecular weight is 265 g/mol. The summed E-state index contributed by atoms with van der Waals surface area (Å²) in [6.45, 7) is 5.67. The van der Waals surface area contributed by atoms with Gasteiger partial charge in [-0.3, -0.25) is 4.79 Å². The third-order valence-corrected chi connectivity index (χ3v) is 5.29. The number of carbonyl (C=O) groups excluding carboxylic acids is 1. The van der Waals surface area contributed by atoms with E-state index < -0.39 is 5.54 Å². The Balaban J connectivity index is 1.45. The molecule has 0 radical (unpaired) electrons. The van der Waals surface area contributed by atoms with Crippen LogP contribution in [0.15, 0.2) is 0 Å². The summed E-state index contributed by atoms with van der Waals surface area (Å²) >= 11 is 0. The van der Waals surface area contributed by atoms with Crippen LogP contribution in [0.4, 0.5) is 0 Å². The molecule has 19 heavy (non-hydrogen) atoms. The fourth-order valence-corrected chi connectivity index (χ4v) is 3.74. The summed E-state index contributed by atoms with van der Waals surface area (Å²) in [6.07, 6.45) is 7.96. The minimum Gasteiger partial charge on any atom is -0.341 e. The molecule has 2 saturated heterocycles. The zero-order chi connectivity index (χ0) is 13.3. The average Bonchev–Trinajstić information content (AvgIpc) is 2.89. The summed E-state index contributed by atoms with van der Waals surface area (Å²) in [5, 5.41) is 0. The number of nitrogens with two attached hydrogens (primary N) is 1. The summed E-state index contributed by atoms with van der Waals surface area (Å²) in [4.78, 5) is 17.0. The van der Waals surface area contributed by atoms with Crippen LogP contribution in [0.25, 0.3) is 0 Å². The highest BCUT2D eigenvalue weighted by Crippen LogP contribution is 2.32. The predicted octanol–water partition coefficient (Wildman–Crippen LogP) is 1.20. The molecule has 0 aromatic carbocycles. The van der Waals surface area contributed by atoms with Gasteiger partial charge in [-0.2, -0.15) is 0 Å². The summed E-state index contributed by atoms with van der Waals surface area (Å²) in [6, 6.07) is 0. The molecule has 2 aliphatic heterocycles. The first kappa shape index (κ1) is 13.4. The maximum absolute atomic E-state index is 12.3. The van der Waals surface area contributed by atoms with Gasteiger partial charge in [0.25, 0.3) is 0 Å². The number of rotatable bonds is 3. The van der Waals surface area contributed by atoms with E-state index in [9.17, 15) is 4.79 Å². The van der Waals surface area contributed by atoms with Gasteiger partial charge in [0, 0.05) is 19.6 Å². The minimum absolute atomic E-state index is 0.221. The summed E-state index contributed by atoms with van der Waals surface area (Å²) in [5.41, 5.74) is 5.65. The van der Waals surface area contributed by atoms with Gasteiger partial charge in [-0.1, -0.05) is 0 Å². The second-order valence-electron chi connectivity index (χ2n) is 6.75. The molecule has 3 aliphatic rings. The molecular weight excluding hydrogens is 238 g/mol. The van der Waals surface area contributed by atoms with Crippen molar-refractivity contribution in [2.45, 2.75) is 50.5 Å². The monoisotopic (exact) mass is 265 g/mol. The van der Waals surface area contributed by atoms with Gasteiger partial charge in [-0.05, 0) is 64.0 Å². The summed E-state index contributed by atoms with van der Waals surface area (Å²) in [5.74, 6) is 1.01. The molecule has 0 unspecified atom stereocenters. The summed E-state index contributed by atoms with van der Waals surface area (Å²) in [7, 11) is 0. The van der Waals surface area contributed by atoms with Gasteiger partial charge in [-0.25, -0.2) is 0 Å². The maximum atomic E-state index is 12.3. The van der Waals surface area contributed by atoms with E-state index in [0.717, 1.165) is 38.3 Å². The Morgan fingerprint density at radius 1 is 1.05 bits per heavy atom. The zero-order valence-electron chi connectivity index (χ0n) is 11.9. The topological polar surface area (TPSA) is 49.6 Å². The van der Waals surface area contributed by atoms with Crippen LogP contribution in [0.3, 0.4) is 0 Å². The van der Waals surface area contributed by atoms with E-state index >= 15 is 0 Å². The molecule has 0 aromatic rings. The number of likely N-dealkylation sites (tertiary alicyclic amines) is 2. The van der Waals surface area contributed by atoms with Crippen LogP contribution in [0.5, 0.6) is 0 Å². The predicted molar refractivity (Wildman–Crippen MR) is 75.7 cm³/mol. The van der Waals surface area contributed by atoms with E-state index in [4.69, 9.17) is 5.73 Å². The van der Waals surface area contributed by atoms with Gasteiger partial charge in [0.2, 0.25) is 5.91 Å². The van der Waals surface area contributed by atoms with Crippen LogP contribution >= 0.6 is 0 Å². The van der Waals surface area contributed by atoms with Crippen molar-refractivity contribution in [2.24, 2.45) is 11.7 Å². The van der Waals surface area contributed by atoms with Crippen molar-refractivity contribution in [3.63, 3.8) is 0 Å². The highest BCUT2D eigenvalue weighted by Gasteiger charge is 2.43.